The lowest BCUT2D eigenvalue weighted by Crippen LogP contribution is -2.46. The predicted octanol–water partition coefficient (Wildman–Crippen LogP) is 0.491. The molecular weight excluding hydrogens is 374 g/mol. The summed E-state index contributed by atoms with van der Waals surface area (Å²) >= 11 is 0. The average Bonchev–Trinajstić information content (AvgIpc) is 2.95. The molecule has 27 heavy (non-hydrogen) atoms. The summed E-state index contributed by atoms with van der Waals surface area (Å²) in [5.41, 5.74) is 0.455. The molecule has 0 spiro atoms. The Labute approximate surface area is 157 Å². The van der Waals surface area contributed by atoms with Crippen molar-refractivity contribution in [2.75, 3.05) is 18.4 Å². The summed E-state index contributed by atoms with van der Waals surface area (Å²) in [5, 5.41) is 11.7. The van der Waals surface area contributed by atoms with Gasteiger partial charge in [0, 0.05) is 25.7 Å². The van der Waals surface area contributed by atoms with Gasteiger partial charge in [-0.3, -0.25) is 14.4 Å². The molecule has 1 aliphatic rings. The summed E-state index contributed by atoms with van der Waals surface area (Å²) in [5.74, 6) is -2.56. The first kappa shape index (κ1) is 20.8. The van der Waals surface area contributed by atoms with Gasteiger partial charge >= 0.3 is 5.97 Å². The molecule has 3 atom stereocenters. The van der Waals surface area contributed by atoms with Gasteiger partial charge in [0.1, 0.15) is 0 Å². The number of carbonyl (C=O) groups is 3. The maximum Gasteiger partial charge on any atom is 0.308 e. The van der Waals surface area contributed by atoms with Gasteiger partial charge < -0.3 is 15.3 Å². The molecule has 3 N–H and O–H groups in total. The van der Waals surface area contributed by atoms with Gasteiger partial charge in [0.2, 0.25) is 21.8 Å². The van der Waals surface area contributed by atoms with Crippen LogP contribution in [0.4, 0.5) is 5.69 Å². The Balaban J connectivity index is 2.05. The van der Waals surface area contributed by atoms with Gasteiger partial charge in [-0.1, -0.05) is 6.92 Å². The zero-order valence-corrected chi connectivity index (χ0v) is 16.1. The van der Waals surface area contributed by atoms with Crippen LogP contribution >= 0.6 is 0 Å². The van der Waals surface area contributed by atoms with Crippen molar-refractivity contribution >= 4 is 33.5 Å². The van der Waals surface area contributed by atoms with Crippen LogP contribution in [0.15, 0.2) is 29.2 Å². The van der Waals surface area contributed by atoms with Crippen LogP contribution in [0, 0.1) is 11.8 Å². The highest BCUT2D eigenvalue weighted by Crippen LogP contribution is 2.24. The first-order valence-electron chi connectivity index (χ1n) is 8.43. The Hall–Kier alpha value is -2.46. The van der Waals surface area contributed by atoms with Crippen molar-refractivity contribution < 1.29 is 27.9 Å². The van der Waals surface area contributed by atoms with Crippen LogP contribution in [0.3, 0.4) is 0 Å². The van der Waals surface area contributed by atoms with Gasteiger partial charge in [-0.15, -0.1) is 0 Å². The number of nitrogens with one attached hydrogen (secondary N) is 2. The molecule has 1 aromatic rings. The largest absolute Gasteiger partial charge is 0.481 e. The molecule has 10 heteroatoms. The maximum absolute atomic E-state index is 12.5. The van der Waals surface area contributed by atoms with E-state index in [9.17, 15) is 22.8 Å². The van der Waals surface area contributed by atoms with Crippen molar-refractivity contribution in [3.05, 3.63) is 24.3 Å². The molecule has 1 fully saturated rings. The fraction of sp³-hybridized carbons (Fsp3) is 0.471. The van der Waals surface area contributed by atoms with E-state index in [2.05, 4.69) is 10.0 Å². The second-order valence-electron chi connectivity index (χ2n) is 6.71. The van der Waals surface area contributed by atoms with Crippen LogP contribution in [0.25, 0.3) is 0 Å². The lowest BCUT2D eigenvalue weighted by atomic mass is 9.99. The van der Waals surface area contributed by atoms with E-state index < -0.39 is 33.9 Å². The highest BCUT2D eigenvalue weighted by atomic mass is 32.2. The molecule has 0 aromatic heterocycles. The molecule has 0 bridgehead atoms. The summed E-state index contributed by atoms with van der Waals surface area (Å²) in [6.45, 7) is 4.84. The third kappa shape index (κ3) is 5.04. The van der Waals surface area contributed by atoms with Crippen molar-refractivity contribution in [1.82, 2.24) is 9.62 Å². The number of aliphatic carboxylic acids is 1. The van der Waals surface area contributed by atoms with E-state index >= 15 is 0 Å². The van der Waals surface area contributed by atoms with E-state index in [1.165, 1.54) is 43.0 Å². The Morgan fingerprint density at radius 3 is 2.26 bits per heavy atom. The Morgan fingerprint density at radius 1 is 1.19 bits per heavy atom. The number of rotatable bonds is 6. The molecule has 1 saturated heterocycles. The molecule has 0 radical (unpaired) electrons. The fourth-order valence-corrected chi connectivity index (χ4v) is 4.21. The second kappa shape index (κ2) is 8.05. The van der Waals surface area contributed by atoms with E-state index in [1.54, 1.807) is 6.92 Å². The van der Waals surface area contributed by atoms with Crippen molar-refractivity contribution in [3.8, 4) is 0 Å². The summed E-state index contributed by atoms with van der Waals surface area (Å²) in [4.78, 5) is 36.0. The number of sulfonamides is 1. The van der Waals surface area contributed by atoms with E-state index in [-0.39, 0.29) is 29.8 Å². The molecule has 9 nitrogen and oxygen atoms in total. The van der Waals surface area contributed by atoms with Crippen LogP contribution in [-0.2, 0) is 24.4 Å². The van der Waals surface area contributed by atoms with E-state index in [0.29, 0.717) is 5.69 Å². The number of nitrogens with zero attached hydrogens (tertiary/aromatic N) is 1. The number of likely N-dealkylation sites (tertiary alicyclic amines) is 1. The minimum Gasteiger partial charge on any atom is -0.481 e. The zero-order valence-electron chi connectivity index (χ0n) is 15.3. The van der Waals surface area contributed by atoms with Gasteiger partial charge in [0.25, 0.3) is 0 Å². The van der Waals surface area contributed by atoms with E-state index in [0.717, 1.165) is 0 Å². The summed E-state index contributed by atoms with van der Waals surface area (Å²) in [6, 6.07) is 4.50. The quantitative estimate of drug-likeness (QED) is 0.640. The first-order valence-corrected chi connectivity index (χ1v) is 9.91. The highest BCUT2D eigenvalue weighted by Gasteiger charge is 2.38. The standard InChI is InChI=1S/C17H23N3O6S/c1-10-8-20(9-15(10)17(23)24)16(22)11(2)19-27(25,26)14-6-4-13(5-7-14)18-12(3)21/h4-7,10-11,15,19H,8-9H2,1-3H3,(H,18,21)(H,23,24)/t10-,11?,15-/m1/s1. The van der Waals surface area contributed by atoms with Crippen molar-refractivity contribution in [1.29, 1.82) is 0 Å². The Morgan fingerprint density at radius 2 is 1.78 bits per heavy atom. The van der Waals surface area contributed by atoms with Gasteiger partial charge in [0.05, 0.1) is 16.9 Å². The van der Waals surface area contributed by atoms with Gasteiger partial charge in [0.15, 0.2) is 0 Å². The number of carboxylic acids is 1. The Bertz CT molecular complexity index is 837. The van der Waals surface area contributed by atoms with Crippen LogP contribution in [0.1, 0.15) is 20.8 Å². The molecule has 148 valence electrons. The van der Waals surface area contributed by atoms with Gasteiger partial charge in [-0.05, 0) is 37.1 Å². The first-order chi connectivity index (χ1) is 12.5. The smallest absolute Gasteiger partial charge is 0.308 e. The average molecular weight is 397 g/mol. The van der Waals surface area contributed by atoms with Crippen LogP contribution in [0.5, 0.6) is 0 Å². The summed E-state index contributed by atoms with van der Waals surface area (Å²) in [7, 11) is -3.95. The normalized spacial score (nSPS) is 20.9. The van der Waals surface area contributed by atoms with Gasteiger partial charge in [-0.2, -0.15) is 4.72 Å². The minimum atomic E-state index is -3.95. The predicted molar refractivity (Wildman–Crippen MR) is 97.4 cm³/mol. The number of carboxylic acid groups (broad SMARTS) is 1. The number of carbonyl (C=O) groups excluding carboxylic acids is 2. The zero-order chi connectivity index (χ0) is 20.4. The van der Waals surface area contributed by atoms with Crippen LogP contribution < -0.4 is 10.0 Å². The molecular formula is C17H23N3O6S. The van der Waals surface area contributed by atoms with Crippen molar-refractivity contribution in [2.24, 2.45) is 11.8 Å². The fourth-order valence-electron chi connectivity index (χ4n) is 3.01. The third-order valence-electron chi connectivity index (χ3n) is 4.43. The van der Waals surface area contributed by atoms with Crippen molar-refractivity contribution in [3.63, 3.8) is 0 Å². The van der Waals surface area contributed by atoms with E-state index in [4.69, 9.17) is 5.11 Å². The number of amides is 2. The maximum atomic E-state index is 12.5. The molecule has 1 heterocycles. The lowest BCUT2D eigenvalue weighted by Gasteiger charge is -2.21. The topological polar surface area (TPSA) is 133 Å². The molecule has 2 amide bonds. The minimum absolute atomic E-state index is 0.0468. The lowest BCUT2D eigenvalue weighted by molar-refractivity contribution is -0.142. The molecule has 0 aliphatic carbocycles. The molecule has 1 unspecified atom stereocenters. The number of hydrogen-bond acceptors (Lipinski definition) is 5. The molecule has 0 saturated carbocycles. The third-order valence-corrected chi connectivity index (χ3v) is 5.99. The van der Waals surface area contributed by atoms with Crippen LogP contribution in [0.2, 0.25) is 0 Å². The van der Waals surface area contributed by atoms with Crippen LogP contribution in [-0.4, -0.2) is 55.3 Å². The number of hydrogen-bond donors (Lipinski definition) is 3. The number of benzene rings is 1. The Kier molecular flexibility index (Phi) is 6.22. The molecule has 1 aromatic carbocycles. The summed E-state index contributed by atoms with van der Waals surface area (Å²) < 4.78 is 27.3. The number of anilines is 1. The van der Waals surface area contributed by atoms with Crippen molar-refractivity contribution in [2.45, 2.75) is 31.7 Å². The highest BCUT2D eigenvalue weighted by molar-refractivity contribution is 7.89. The monoisotopic (exact) mass is 397 g/mol. The summed E-state index contributed by atoms with van der Waals surface area (Å²) in [6.07, 6.45) is 0. The molecule has 1 aliphatic heterocycles. The second-order valence-corrected chi connectivity index (χ2v) is 8.43. The SMILES string of the molecule is CC(=O)Nc1ccc(S(=O)(=O)NC(C)C(=O)N2C[C@@H](C)[C@H](C(=O)O)C2)cc1. The molecule has 2 rings (SSSR count). The van der Waals surface area contributed by atoms with E-state index in [1.807, 2.05) is 0 Å². The van der Waals surface area contributed by atoms with Gasteiger partial charge in [-0.25, -0.2) is 8.42 Å².